The number of benzene rings is 2. The van der Waals surface area contributed by atoms with Crippen LogP contribution in [0.2, 0.25) is 10.0 Å². The molecule has 4 amide bonds. The smallest absolute Gasteiger partial charge is 0.262 e. The van der Waals surface area contributed by atoms with Crippen molar-refractivity contribution >= 4 is 63.8 Å². The Morgan fingerprint density at radius 3 is 2.58 bits per heavy atom. The maximum Gasteiger partial charge on any atom is 0.262 e. The van der Waals surface area contributed by atoms with Gasteiger partial charge in [0.2, 0.25) is 11.8 Å². The lowest BCUT2D eigenvalue weighted by molar-refractivity contribution is -0.136. The average Bonchev–Trinajstić information content (AvgIpc) is 3.56. The first kappa shape index (κ1) is 29.3. The number of piperidine rings is 2. The summed E-state index contributed by atoms with van der Waals surface area (Å²) in [7, 11) is 0. The molecule has 14 heteroatoms. The lowest BCUT2D eigenvalue weighted by atomic mass is 9.89. The Balaban J connectivity index is 0.993. The number of aromatic amines is 1. The van der Waals surface area contributed by atoms with Crippen LogP contribution in [0.1, 0.15) is 58.9 Å². The minimum Gasteiger partial charge on any atom is -0.355 e. The fourth-order valence-corrected chi connectivity index (χ4v) is 6.56. The molecule has 5 heterocycles. The van der Waals surface area contributed by atoms with Gasteiger partial charge in [-0.05, 0) is 49.9 Å². The molecule has 4 aromatic rings. The average molecular weight is 648 g/mol. The Kier molecular flexibility index (Phi) is 7.30. The van der Waals surface area contributed by atoms with Crippen LogP contribution in [-0.2, 0) is 16.1 Å². The third-order valence-electron chi connectivity index (χ3n) is 8.88. The van der Waals surface area contributed by atoms with Crippen molar-refractivity contribution < 1.29 is 19.2 Å². The second-order valence-electron chi connectivity index (χ2n) is 11.8. The molecule has 0 aliphatic carbocycles. The summed E-state index contributed by atoms with van der Waals surface area (Å²) in [4.78, 5) is 62.7. The predicted octanol–water partition coefficient (Wildman–Crippen LogP) is 3.88. The number of carbonyl (C=O) groups excluding carboxylic acids is 4. The summed E-state index contributed by atoms with van der Waals surface area (Å²) in [6.45, 7) is 4.17. The molecular formula is C31H28Cl2N8O4. The number of rotatable bonds is 6. The van der Waals surface area contributed by atoms with Gasteiger partial charge in [-0.1, -0.05) is 41.4 Å². The van der Waals surface area contributed by atoms with E-state index in [0.717, 1.165) is 42.2 Å². The van der Waals surface area contributed by atoms with E-state index in [4.69, 9.17) is 28.2 Å². The molecular weight excluding hydrogens is 619 g/mol. The molecule has 3 aliphatic rings. The summed E-state index contributed by atoms with van der Waals surface area (Å²) >= 11 is 12.6. The highest BCUT2D eigenvalue weighted by Gasteiger charge is 2.44. The van der Waals surface area contributed by atoms with E-state index in [1.807, 2.05) is 18.2 Å². The highest BCUT2D eigenvalue weighted by Crippen LogP contribution is 2.36. The zero-order valence-corrected chi connectivity index (χ0v) is 25.7. The Bertz CT molecular complexity index is 1900. The first-order valence-corrected chi connectivity index (χ1v) is 15.4. The van der Waals surface area contributed by atoms with Crippen molar-refractivity contribution in [2.75, 3.05) is 18.0 Å². The van der Waals surface area contributed by atoms with Gasteiger partial charge in [0.15, 0.2) is 5.65 Å². The minimum atomic E-state index is -0.983. The SMILES string of the molecule is CC1(NCc2ccc3c(c2)C(=O)N(C2CCC(=O)NC2=O)C3=O)CCN(c2cnc3c(-c4cccc(Cl)c4Cl)n[nH]c3n2)CC1. The Morgan fingerprint density at radius 1 is 1.02 bits per heavy atom. The van der Waals surface area contributed by atoms with Crippen molar-refractivity contribution in [3.63, 3.8) is 0 Å². The van der Waals surface area contributed by atoms with Crippen molar-refractivity contribution in [3.8, 4) is 11.3 Å². The summed E-state index contributed by atoms with van der Waals surface area (Å²) in [5.41, 5.74) is 3.68. The largest absolute Gasteiger partial charge is 0.355 e. The van der Waals surface area contributed by atoms with E-state index in [0.29, 0.717) is 39.0 Å². The summed E-state index contributed by atoms with van der Waals surface area (Å²) in [5.74, 6) is -1.29. The molecule has 3 N–H and O–H groups in total. The number of H-pyrrole nitrogens is 1. The third-order valence-corrected chi connectivity index (χ3v) is 9.70. The van der Waals surface area contributed by atoms with Gasteiger partial charge in [0.1, 0.15) is 23.1 Å². The predicted molar refractivity (Wildman–Crippen MR) is 167 cm³/mol. The van der Waals surface area contributed by atoms with Crippen LogP contribution in [0.5, 0.6) is 0 Å². The van der Waals surface area contributed by atoms with Crippen LogP contribution in [0.25, 0.3) is 22.4 Å². The second-order valence-corrected chi connectivity index (χ2v) is 12.6. The van der Waals surface area contributed by atoms with Crippen LogP contribution in [0.15, 0.2) is 42.6 Å². The van der Waals surface area contributed by atoms with E-state index in [2.05, 4.69) is 37.6 Å². The van der Waals surface area contributed by atoms with Crippen molar-refractivity contribution in [1.82, 2.24) is 35.7 Å². The van der Waals surface area contributed by atoms with Crippen molar-refractivity contribution in [3.05, 3.63) is 69.3 Å². The molecule has 0 spiro atoms. The highest BCUT2D eigenvalue weighted by atomic mass is 35.5. The number of hydrogen-bond donors (Lipinski definition) is 3. The highest BCUT2D eigenvalue weighted by molar-refractivity contribution is 6.43. The van der Waals surface area contributed by atoms with E-state index in [1.165, 1.54) is 0 Å². The van der Waals surface area contributed by atoms with E-state index < -0.39 is 29.7 Å². The van der Waals surface area contributed by atoms with Crippen molar-refractivity contribution in [2.24, 2.45) is 0 Å². The van der Waals surface area contributed by atoms with Gasteiger partial charge in [-0.15, -0.1) is 0 Å². The maximum absolute atomic E-state index is 13.2. The third kappa shape index (κ3) is 5.22. The monoisotopic (exact) mass is 646 g/mol. The molecule has 1 unspecified atom stereocenters. The molecule has 1 atom stereocenters. The second kappa shape index (κ2) is 11.2. The molecule has 12 nitrogen and oxygen atoms in total. The van der Waals surface area contributed by atoms with Gasteiger partial charge in [-0.25, -0.2) is 9.97 Å². The first-order chi connectivity index (χ1) is 21.6. The van der Waals surface area contributed by atoms with E-state index >= 15 is 0 Å². The quantitative estimate of drug-likeness (QED) is 0.265. The van der Waals surface area contributed by atoms with Crippen LogP contribution in [0.4, 0.5) is 5.82 Å². The van der Waals surface area contributed by atoms with Gasteiger partial charge in [0, 0.05) is 37.2 Å². The van der Waals surface area contributed by atoms with Gasteiger partial charge < -0.3 is 10.2 Å². The molecule has 2 fully saturated rings. The molecule has 230 valence electrons. The van der Waals surface area contributed by atoms with E-state index in [-0.39, 0.29) is 29.5 Å². The van der Waals surface area contributed by atoms with E-state index in [9.17, 15) is 19.2 Å². The number of carbonyl (C=O) groups is 4. The van der Waals surface area contributed by atoms with Gasteiger partial charge in [0.25, 0.3) is 11.8 Å². The van der Waals surface area contributed by atoms with Crippen LogP contribution < -0.4 is 15.5 Å². The summed E-state index contributed by atoms with van der Waals surface area (Å²) in [5, 5.41) is 14.1. The van der Waals surface area contributed by atoms with Gasteiger partial charge in [-0.2, -0.15) is 5.10 Å². The number of imide groups is 2. The molecule has 0 radical (unpaired) electrons. The number of aromatic nitrogens is 4. The number of fused-ring (bicyclic) bond motifs is 2. The standard InChI is InChI=1S/C31H28Cl2N8O4/c1-31(35-14-16-5-6-17-19(13-16)30(45)41(29(17)44)21-7-8-23(42)37-28(21)43)9-11-40(12-10-31)22-15-34-26-25(38-39-27(26)36-22)18-3-2-4-20(32)24(18)33/h2-6,13,15,21,35H,7-12,14H2,1H3,(H,36,38,39)(H,37,42,43). The van der Waals surface area contributed by atoms with E-state index in [1.54, 1.807) is 24.4 Å². The lowest BCUT2D eigenvalue weighted by Gasteiger charge is -2.40. The number of anilines is 1. The molecule has 0 saturated carbocycles. The van der Waals surface area contributed by atoms with Crippen LogP contribution in [0, 0.1) is 0 Å². The van der Waals surface area contributed by atoms with Crippen molar-refractivity contribution in [2.45, 2.75) is 50.7 Å². The normalized spacial score (nSPS) is 19.8. The minimum absolute atomic E-state index is 0.0829. The summed E-state index contributed by atoms with van der Waals surface area (Å²) < 4.78 is 0. The maximum atomic E-state index is 13.2. The van der Waals surface area contributed by atoms with Gasteiger partial charge in [0.05, 0.1) is 27.4 Å². The van der Waals surface area contributed by atoms with Crippen LogP contribution in [-0.4, -0.2) is 73.4 Å². The first-order valence-electron chi connectivity index (χ1n) is 14.6. The summed E-state index contributed by atoms with van der Waals surface area (Å²) in [6.07, 6.45) is 3.63. The zero-order valence-electron chi connectivity index (χ0n) is 24.2. The van der Waals surface area contributed by atoms with Crippen LogP contribution >= 0.6 is 23.2 Å². The zero-order chi connectivity index (χ0) is 31.5. The van der Waals surface area contributed by atoms with Gasteiger partial charge >= 0.3 is 0 Å². The molecule has 2 saturated heterocycles. The Hall–Kier alpha value is -4.39. The topological polar surface area (TPSA) is 153 Å². The van der Waals surface area contributed by atoms with Gasteiger partial charge in [-0.3, -0.25) is 34.5 Å². The number of halogens is 2. The number of hydrogen-bond acceptors (Lipinski definition) is 9. The Morgan fingerprint density at radius 2 is 1.80 bits per heavy atom. The van der Waals surface area contributed by atoms with Crippen LogP contribution in [0.3, 0.4) is 0 Å². The number of nitrogens with one attached hydrogen (secondary N) is 3. The fourth-order valence-electron chi connectivity index (χ4n) is 6.17. The lowest BCUT2D eigenvalue weighted by Crippen LogP contribution is -2.54. The molecule has 45 heavy (non-hydrogen) atoms. The number of nitrogens with zero attached hydrogens (tertiary/aromatic N) is 5. The van der Waals surface area contributed by atoms with Crippen molar-refractivity contribution in [1.29, 1.82) is 0 Å². The fraction of sp³-hybridized carbons (Fsp3) is 0.323. The number of amides is 4. The molecule has 2 aromatic carbocycles. The molecule has 0 bridgehead atoms. The Labute approximate surface area is 267 Å². The summed E-state index contributed by atoms with van der Waals surface area (Å²) in [6, 6.07) is 9.57. The molecule has 2 aromatic heterocycles. The molecule has 3 aliphatic heterocycles. The molecule has 7 rings (SSSR count).